The van der Waals surface area contributed by atoms with Crippen molar-refractivity contribution < 1.29 is 0 Å². The van der Waals surface area contributed by atoms with Crippen molar-refractivity contribution in [1.82, 2.24) is 10.3 Å². The molecule has 0 saturated carbocycles. The first-order valence-electron chi connectivity index (χ1n) is 9.23. The minimum absolute atomic E-state index is 0.174. The van der Waals surface area contributed by atoms with Crippen LogP contribution in [0.5, 0.6) is 0 Å². The molecule has 0 saturated heterocycles. The Morgan fingerprint density at radius 2 is 1.82 bits per heavy atom. The first-order valence-corrected chi connectivity index (χ1v) is 9.23. The smallest absolute Gasteiger partial charge is 0.162 e. The minimum atomic E-state index is -0.174. The average molecular weight is 367 g/mol. The molecule has 1 atom stereocenters. The largest absolute Gasteiger partial charge is 0.298 e. The Labute approximate surface area is 167 Å². The molecule has 3 heteroatoms. The number of nitrogens with zero attached hydrogens (tertiary/aromatic N) is 2. The number of hydrogen-bond donors (Lipinski definition) is 1. The van der Waals surface area contributed by atoms with Crippen LogP contribution in [0, 0.1) is 0 Å². The topological polar surface area (TPSA) is 27.6 Å². The first kappa shape index (κ1) is 19.2. The summed E-state index contributed by atoms with van der Waals surface area (Å²) < 4.78 is 0. The SMILES string of the molecule is C=CC(C=C)=C(C=C)C(=C)N1C(c2ccccc2)=NNC1C1=CC=CCC=C1. The number of hydrazone groups is 1. The third-order valence-corrected chi connectivity index (χ3v) is 4.69. The molecule has 28 heavy (non-hydrogen) atoms. The van der Waals surface area contributed by atoms with Gasteiger partial charge in [0.2, 0.25) is 0 Å². The highest BCUT2D eigenvalue weighted by molar-refractivity contribution is 6.01. The van der Waals surface area contributed by atoms with Gasteiger partial charge < -0.3 is 0 Å². The molecule has 1 N–H and O–H groups in total. The summed E-state index contributed by atoms with van der Waals surface area (Å²) in [6, 6.07) is 10.1. The van der Waals surface area contributed by atoms with Gasteiger partial charge in [-0.2, -0.15) is 5.10 Å². The molecule has 0 radical (unpaired) electrons. The van der Waals surface area contributed by atoms with Crippen molar-refractivity contribution >= 4 is 5.84 Å². The lowest BCUT2D eigenvalue weighted by atomic mass is 10.0. The highest BCUT2D eigenvalue weighted by atomic mass is 15.5. The van der Waals surface area contributed by atoms with Gasteiger partial charge in [0.15, 0.2) is 5.84 Å². The molecule has 3 nitrogen and oxygen atoms in total. The fourth-order valence-corrected chi connectivity index (χ4v) is 3.27. The molecular weight excluding hydrogens is 342 g/mol. The van der Waals surface area contributed by atoms with Crippen molar-refractivity contribution in [2.75, 3.05) is 0 Å². The zero-order chi connectivity index (χ0) is 19.9. The molecule has 1 aromatic rings. The summed E-state index contributed by atoms with van der Waals surface area (Å²) in [7, 11) is 0. The predicted molar refractivity (Wildman–Crippen MR) is 119 cm³/mol. The lowest BCUT2D eigenvalue weighted by Gasteiger charge is -2.31. The Morgan fingerprint density at radius 3 is 2.50 bits per heavy atom. The summed E-state index contributed by atoms with van der Waals surface area (Å²) in [5.41, 5.74) is 7.92. The van der Waals surface area contributed by atoms with Gasteiger partial charge >= 0.3 is 0 Å². The molecule has 1 aliphatic carbocycles. The van der Waals surface area contributed by atoms with Gasteiger partial charge in [-0.05, 0) is 17.6 Å². The van der Waals surface area contributed by atoms with Crippen LogP contribution in [0.25, 0.3) is 0 Å². The highest BCUT2D eigenvalue weighted by Crippen LogP contribution is 2.29. The van der Waals surface area contributed by atoms with Gasteiger partial charge in [0, 0.05) is 16.8 Å². The van der Waals surface area contributed by atoms with Gasteiger partial charge in [-0.25, -0.2) is 0 Å². The quantitative estimate of drug-likeness (QED) is 0.654. The Balaban J connectivity index is 2.10. The molecule has 1 aliphatic heterocycles. The molecular formula is C25H25N3. The predicted octanol–water partition coefficient (Wildman–Crippen LogP) is 5.39. The molecule has 1 aromatic carbocycles. The average Bonchev–Trinajstić information content (AvgIpc) is 3.00. The molecule has 3 rings (SSSR count). The second kappa shape index (κ2) is 8.87. The van der Waals surface area contributed by atoms with Gasteiger partial charge in [0.1, 0.15) is 6.17 Å². The van der Waals surface area contributed by atoms with Gasteiger partial charge in [-0.1, -0.05) is 105 Å². The second-order valence-electron chi connectivity index (χ2n) is 6.36. The molecule has 2 aliphatic rings. The third kappa shape index (κ3) is 3.74. The number of benzene rings is 1. The highest BCUT2D eigenvalue weighted by Gasteiger charge is 2.33. The number of rotatable bonds is 7. The maximum atomic E-state index is 4.65. The van der Waals surface area contributed by atoms with Crippen LogP contribution in [0.3, 0.4) is 0 Å². The van der Waals surface area contributed by atoms with Crippen LogP contribution in [0.15, 0.2) is 133 Å². The van der Waals surface area contributed by atoms with E-state index in [-0.39, 0.29) is 6.17 Å². The van der Waals surface area contributed by atoms with E-state index in [2.05, 4.69) is 72.1 Å². The van der Waals surface area contributed by atoms with E-state index in [0.717, 1.165) is 40.2 Å². The monoisotopic (exact) mass is 367 g/mol. The van der Waals surface area contributed by atoms with Gasteiger partial charge in [0.05, 0.1) is 0 Å². The summed E-state index contributed by atoms with van der Waals surface area (Å²) in [6.07, 6.45) is 16.6. The van der Waals surface area contributed by atoms with Gasteiger partial charge in [-0.15, -0.1) is 0 Å². The normalized spacial score (nSPS) is 17.7. The van der Waals surface area contributed by atoms with E-state index in [1.165, 1.54) is 0 Å². The van der Waals surface area contributed by atoms with Crippen LogP contribution in [-0.2, 0) is 0 Å². The fraction of sp³-hybridized carbons (Fsp3) is 0.0800. The summed E-state index contributed by atoms with van der Waals surface area (Å²) in [5, 5.41) is 4.65. The van der Waals surface area contributed by atoms with Crippen molar-refractivity contribution in [3.8, 4) is 0 Å². The molecule has 1 unspecified atom stereocenters. The summed E-state index contributed by atoms with van der Waals surface area (Å²) in [6.45, 7) is 16.1. The molecule has 0 amide bonds. The number of amidine groups is 1. The van der Waals surface area contributed by atoms with Crippen LogP contribution in [-0.4, -0.2) is 16.9 Å². The molecule has 0 fully saturated rings. The van der Waals surface area contributed by atoms with Crippen molar-refractivity contribution in [2.45, 2.75) is 12.6 Å². The Morgan fingerprint density at radius 1 is 1.07 bits per heavy atom. The van der Waals surface area contributed by atoms with Crippen LogP contribution < -0.4 is 5.43 Å². The Bertz CT molecular complexity index is 929. The van der Waals surface area contributed by atoms with Crippen LogP contribution in [0.4, 0.5) is 0 Å². The standard InChI is InChI=1S/C25H25N3/c1-5-20(6-2)23(7-3)19(4)28-24(21-15-11-8-9-12-16-21)26-27-25(28)22-17-13-10-14-18-22/h5-8,10-18,24,26H,1-4,9H2. The number of nitrogens with one attached hydrogen (secondary N) is 1. The van der Waals surface area contributed by atoms with E-state index in [1.807, 2.05) is 30.3 Å². The van der Waals surface area contributed by atoms with Crippen molar-refractivity contribution in [1.29, 1.82) is 0 Å². The Kier molecular flexibility index (Phi) is 6.07. The summed E-state index contributed by atoms with van der Waals surface area (Å²) in [4.78, 5) is 2.11. The van der Waals surface area contributed by atoms with Gasteiger partial charge in [-0.3, -0.25) is 10.3 Å². The van der Waals surface area contributed by atoms with E-state index in [9.17, 15) is 0 Å². The lowest BCUT2D eigenvalue weighted by Crippen LogP contribution is -2.41. The van der Waals surface area contributed by atoms with Crippen LogP contribution >= 0.6 is 0 Å². The van der Waals surface area contributed by atoms with E-state index in [1.54, 1.807) is 18.2 Å². The van der Waals surface area contributed by atoms with Crippen molar-refractivity contribution in [2.24, 2.45) is 5.10 Å². The van der Waals surface area contributed by atoms with Crippen LogP contribution in [0.2, 0.25) is 0 Å². The van der Waals surface area contributed by atoms with E-state index in [4.69, 9.17) is 0 Å². The zero-order valence-electron chi connectivity index (χ0n) is 16.0. The zero-order valence-corrected chi connectivity index (χ0v) is 16.0. The Hall–Kier alpha value is -3.59. The molecule has 0 bridgehead atoms. The van der Waals surface area contributed by atoms with Crippen molar-refractivity contribution in [3.05, 3.63) is 133 Å². The van der Waals surface area contributed by atoms with E-state index < -0.39 is 0 Å². The molecule has 140 valence electrons. The maximum Gasteiger partial charge on any atom is 0.162 e. The lowest BCUT2D eigenvalue weighted by molar-refractivity contribution is 0.416. The summed E-state index contributed by atoms with van der Waals surface area (Å²) in [5.74, 6) is 0.810. The summed E-state index contributed by atoms with van der Waals surface area (Å²) >= 11 is 0. The van der Waals surface area contributed by atoms with Crippen molar-refractivity contribution in [3.63, 3.8) is 0 Å². The first-order chi connectivity index (χ1) is 13.7. The number of hydrogen-bond acceptors (Lipinski definition) is 3. The third-order valence-electron chi connectivity index (χ3n) is 4.69. The molecule has 1 heterocycles. The fourth-order valence-electron chi connectivity index (χ4n) is 3.27. The van der Waals surface area contributed by atoms with Crippen LogP contribution in [0.1, 0.15) is 12.0 Å². The molecule has 0 spiro atoms. The number of allylic oxidation sites excluding steroid dienone is 8. The maximum absolute atomic E-state index is 4.65. The van der Waals surface area contributed by atoms with E-state index >= 15 is 0 Å². The van der Waals surface area contributed by atoms with Gasteiger partial charge in [0.25, 0.3) is 0 Å². The molecule has 0 aromatic heterocycles. The second-order valence-corrected chi connectivity index (χ2v) is 6.36. The minimum Gasteiger partial charge on any atom is -0.298 e. The van der Waals surface area contributed by atoms with E-state index in [0.29, 0.717) is 0 Å².